The molecule has 2 aliphatic rings. The van der Waals surface area contributed by atoms with Gasteiger partial charge in [-0.05, 0) is 25.3 Å². The van der Waals surface area contributed by atoms with Crippen LogP contribution in [-0.4, -0.2) is 43.2 Å². The summed E-state index contributed by atoms with van der Waals surface area (Å²) in [6.07, 6.45) is 0.484. The van der Waals surface area contributed by atoms with Crippen LogP contribution >= 0.6 is 0 Å². The minimum absolute atomic E-state index is 0.0855. The van der Waals surface area contributed by atoms with E-state index in [0.29, 0.717) is 5.69 Å². The summed E-state index contributed by atoms with van der Waals surface area (Å²) in [6, 6.07) is 13.3. The Kier molecular flexibility index (Phi) is 4.06. The van der Waals surface area contributed by atoms with Crippen LogP contribution in [-0.2, 0) is 14.3 Å². The monoisotopic (exact) mass is 339 g/mol. The van der Waals surface area contributed by atoms with Gasteiger partial charge in [-0.15, -0.1) is 0 Å². The van der Waals surface area contributed by atoms with E-state index < -0.39 is 0 Å². The molecule has 0 spiro atoms. The minimum atomic E-state index is -0.305. The van der Waals surface area contributed by atoms with Crippen molar-refractivity contribution in [3.05, 3.63) is 42.5 Å². The van der Waals surface area contributed by atoms with E-state index >= 15 is 0 Å². The lowest BCUT2D eigenvalue weighted by molar-refractivity contribution is -0.929. The van der Waals surface area contributed by atoms with E-state index in [4.69, 9.17) is 4.74 Å². The molecule has 2 aliphatic heterocycles. The van der Waals surface area contributed by atoms with Crippen LogP contribution < -0.4 is 9.80 Å². The smallest absolute Gasteiger partial charge is 0.292 e. The Morgan fingerprint density at radius 2 is 1.68 bits per heavy atom. The van der Waals surface area contributed by atoms with E-state index in [0.717, 1.165) is 28.8 Å². The lowest BCUT2D eigenvalue weighted by Crippen LogP contribution is -3.19. The summed E-state index contributed by atoms with van der Waals surface area (Å²) in [6.45, 7) is 5.58. The zero-order chi connectivity index (χ0) is 17.6. The van der Waals surface area contributed by atoms with Gasteiger partial charge in [0, 0.05) is 5.39 Å². The zero-order valence-electron chi connectivity index (χ0n) is 14.6. The van der Waals surface area contributed by atoms with Crippen molar-refractivity contribution in [3.8, 4) is 0 Å². The number of carbonyl (C=O) groups is 2. The lowest BCUT2D eigenvalue weighted by Gasteiger charge is -2.34. The minimum Gasteiger partial charge on any atom is -0.364 e. The van der Waals surface area contributed by atoms with Crippen molar-refractivity contribution in [2.24, 2.45) is 0 Å². The molecule has 2 fully saturated rings. The molecule has 0 aliphatic carbocycles. The van der Waals surface area contributed by atoms with Gasteiger partial charge in [0.25, 0.3) is 5.91 Å². The van der Waals surface area contributed by atoms with E-state index in [9.17, 15) is 9.59 Å². The summed E-state index contributed by atoms with van der Waals surface area (Å²) in [5, 5.41) is 1.97. The molecule has 5 nitrogen and oxygen atoms in total. The molecule has 2 aromatic carbocycles. The summed E-state index contributed by atoms with van der Waals surface area (Å²) in [7, 11) is 0. The van der Waals surface area contributed by atoms with Gasteiger partial charge in [-0.1, -0.05) is 36.4 Å². The fourth-order valence-corrected chi connectivity index (χ4v) is 4.21. The molecule has 1 unspecified atom stereocenters. The number of fused-ring (bicyclic) bond motifs is 1. The highest BCUT2D eigenvalue weighted by molar-refractivity contribution is 6.24. The van der Waals surface area contributed by atoms with E-state index in [2.05, 4.69) is 0 Å². The van der Waals surface area contributed by atoms with Crippen LogP contribution in [0.3, 0.4) is 0 Å². The number of hydrogen-bond acceptors (Lipinski definition) is 3. The van der Waals surface area contributed by atoms with Gasteiger partial charge in [-0.25, -0.2) is 4.90 Å². The van der Waals surface area contributed by atoms with Gasteiger partial charge in [0.1, 0.15) is 25.3 Å². The topological polar surface area (TPSA) is 51.0 Å². The Labute approximate surface area is 147 Å². The SMILES string of the molecule is C[C@@H]1C[NH+]([C@H]2CC(=O)N(c3cccc4ccccc34)C2=O)C[C@H](C)O1. The van der Waals surface area contributed by atoms with Crippen molar-refractivity contribution < 1.29 is 19.2 Å². The third-order valence-electron chi connectivity index (χ3n) is 5.21. The van der Waals surface area contributed by atoms with Crippen molar-refractivity contribution in [2.45, 2.75) is 38.5 Å². The van der Waals surface area contributed by atoms with Gasteiger partial charge in [-0.2, -0.15) is 0 Å². The molecular weight excluding hydrogens is 316 g/mol. The fraction of sp³-hybridized carbons (Fsp3) is 0.400. The van der Waals surface area contributed by atoms with Crippen molar-refractivity contribution in [1.29, 1.82) is 0 Å². The molecule has 2 aromatic rings. The number of ether oxygens (including phenoxy) is 1. The Morgan fingerprint density at radius 3 is 2.44 bits per heavy atom. The van der Waals surface area contributed by atoms with Crippen LogP contribution in [0.2, 0.25) is 0 Å². The summed E-state index contributed by atoms with van der Waals surface area (Å²) >= 11 is 0. The largest absolute Gasteiger partial charge is 0.364 e. The first-order valence-electron chi connectivity index (χ1n) is 8.89. The number of rotatable bonds is 2. The van der Waals surface area contributed by atoms with Crippen molar-refractivity contribution in [1.82, 2.24) is 0 Å². The number of nitrogens with zero attached hydrogens (tertiary/aromatic N) is 1. The number of nitrogens with one attached hydrogen (secondary N) is 1. The van der Waals surface area contributed by atoms with Crippen molar-refractivity contribution in [2.75, 3.05) is 18.0 Å². The second-order valence-electron chi connectivity index (χ2n) is 7.15. The fourth-order valence-electron chi connectivity index (χ4n) is 4.21. The summed E-state index contributed by atoms with van der Waals surface area (Å²) in [5.74, 6) is -0.191. The quantitative estimate of drug-likeness (QED) is 0.836. The predicted molar refractivity (Wildman–Crippen MR) is 95.6 cm³/mol. The normalized spacial score (nSPS) is 30.2. The maximum atomic E-state index is 13.1. The number of quaternary nitrogens is 1. The van der Waals surface area contributed by atoms with Crippen LogP contribution in [0.1, 0.15) is 20.3 Å². The Hall–Kier alpha value is -2.24. The summed E-state index contributed by atoms with van der Waals surface area (Å²) in [5.41, 5.74) is 0.698. The van der Waals surface area contributed by atoms with Crippen LogP contribution in [0.5, 0.6) is 0 Å². The first-order valence-corrected chi connectivity index (χ1v) is 8.89. The Bertz CT molecular complexity index is 819. The highest BCUT2D eigenvalue weighted by Crippen LogP contribution is 2.30. The zero-order valence-corrected chi connectivity index (χ0v) is 14.6. The molecule has 0 aromatic heterocycles. The van der Waals surface area contributed by atoms with Gasteiger partial charge in [0.2, 0.25) is 5.91 Å². The second kappa shape index (κ2) is 6.24. The maximum Gasteiger partial charge on any atom is 0.292 e. The predicted octanol–water partition coefficient (Wildman–Crippen LogP) is 1.16. The molecule has 4 rings (SSSR count). The average Bonchev–Trinajstić information content (AvgIpc) is 2.88. The number of anilines is 1. The van der Waals surface area contributed by atoms with E-state index in [1.807, 2.05) is 56.3 Å². The summed E-state index contributed by atoms with van der Waals surface area (Å²) in [4.78, 5) is 28.4. The average molecular weight is 339 g/mol. The molecule has 130 valence electrons. The van der Waals surface area contributed by atoms with Gasteiger partial charge in [0.15, 0.2) is 6.04 Å². The van der Waals surface area contributed by atoms with Crippen LogP contribution in [0, 0.1) is 0 Å². The van der Waals surface area contributed by atoms with E-state index in [1.165, 1.54) is 4.90 Å². The molecule has 25 heavy (non-hydrogen) atoms. The molecule has 4 atom stereocenters. The Balaban J connectivity index is 1.67. The maximum absolute atomic E-state index is 13.1. The van der Waals surface area contributed by atoms with Gasteiger partial charge in [-0.3, -0.25) is 9.59 Å². The van der Waals surface area contributed by atoms with Crippen molar-refractivity contribution >= 4 is 28.3 Å². The number of benzene rings is 2. The van der Waals surface area contributed by atoms with Gasteiger partial charge in [0.05, 0.1) is 12.1 Å². The van der Waals surface area contributed by atoms with Gasteiger partial charge >= 0.3 is 0 Å². The standard InChI is InChI=1S/C20H22N2O3/c1-13-11-21(12-14(2)25-13)18-10-19(23)22(20(18)24)17-9-5-7-15-6-3-4-8-16(15)17/h3-9,13-14,18H,10-12H2,1-2H3/p+1/t13-,14+,18-/m0/s1. The first kappa shape index (κ1) is 16.2. The highest BCUT2D eigenvalue weighted by Gasteiger charge is 2.47. The van der Waals surface area contributed by atoms with E-state index in [-0.39, 0.29) is 36.5 Å². The Morgan fingerprint density at radius 1 is 1.00 bits per heavy atom. The second-order valence-corrected chi connectivity index (χ2v) is 7.15. The molecule has 2 heterocycles. The number of morpholine rings is 1. The molecule has 0 radical (unpaired) electrons. The van der Waals surface area contributed by atoms with E-state index in [1.54, 1.807) is 0 Å². The molecule has 0 bridgehead atoms. The van der Waals surface area contributed by atoms with Crippen molar-refractivity contribution in [3.63, 3.8) is 0 Å². The number of hydrogen-bond donors (Lipinski definition) is 1. The molecular formula is C20H23N2O3+. The first-order chi connectivity index (χ1) is 12.0. The molecule has 2 saturated heterocycles. The molecule has 2 amide bonds. The van der Waals surface area contributed by atoms with Crippen LogP contribution in [0.15, 0.2) is 42.5 Å². The van der Waals surface area contributed by atoms with Gasteiger partial charge < -0.3 is 9.64 Å². The number of carbonyl (C=O) groups excluding carboxylic acids is 2. The molecule has 1 N–H and O–H groups in total. The number of imide groups is 1. The van der Waals surface area contributed by atoms with Crippen LogP contribution in [0.25, 0.3) is 10.8 Å². The van der Waals surface area contributed by atoms with Crippen LogP contribution in [0.4, 0.5) is 5.69 Å². The lowest BCUT2D eigenvalue weighted by atomic mass is 10.1. The highest BCUT2D eigenvalue weighted by atomic mass is 16.5. The third-order valence-corrected chi connectivity index (χ3v) is 5.21. The summed E-state index contributed by atoms with van der Waals surface area (Å²) < 4.78 is 5.78. The third kappa shape index (κ3) is 2.83. The molecule has 0 saturated carbocycles. The molecule has 5 heteroatoms. The number of amides is 2.